The third-order valence-electron chi connectivity index (χ3n) is 3.63. The lowest BCUT2D eigenvalue weighted by molar-refractivity contribution is -0.122. The van der Waals surface area contributed by atoms with E-state index in [1.54, 1.807) is 43.3 Å². The zero-order valence-corrected chi connectivity index (χ0v) is 16.2. The molecule has 1 N–H and O–H groups in total. The molecule has 2 rings (SSSR count). The highest BCUT2D eigenvalue weighted by molar-refractivity contribution is 6.30. The number of nitrogens with one attached hydrogen (secondary N) is 1. The van der Waals surface area contributed by atoms with Gasteiger partial charge in [-0.3, -0.25) is 4.79 Å². The Labute approximate surface area is 159 Å². The first-order valence-corrected chi connectivity index (χ1v) is 8.95. The topological polar surface area (TPSA) is 56.8 Å². The summed E-state index contributed by atoms with van der Waals surface area (Å²) < 4.78 is 16.8. The zero-order chi connectivity index (χ0) is 19.1. The van der Waals surface area contributed by atoms with Crippen molar-refractivity contribution in [1.29, 1.82) is 0 Å². The van der Waals surface area contributed by atoms with Gasteiger partial charge in [0.05, 0.1) is 18.9 Å². The molecule has 0 aliphatic rings. The van der Waals surface area contributed by atoms with Crippen LogP contribution in [0.2, 0.25) is 5.02 Å². The molecule has 6 heteroatoms. The summed E-state index contributed by atoms with van der Waals surface area (Å²) in [6.45, 7) is 8.39. The van der Waals surface area contributed by atoms with Crippen LogP contribution in [0.25, 0.3) is 0 Å². The van der Waals surface area contributed by atoms with Crippen LogP contribution in [0.4, 0.5) is 5.69 Å². The van der Waals surface area contributed by atoms with Gasteiger partial charge in [0, 0.05) is 11.1 Å². The number of amides is 1. The Morgan fingerprint density at radius 3 is 2.42 bits per heavy atom. The fraction of sp³-hybridized carbons (Fsp3) is 0.350. The molecule has 0 bridgehead atoms. The van der Waals surface area contributed by atoms with E-state index in [4.69, 9.17) is 25.8 Å². The summed E-state index contributed by atoms with van der Waals surface area (Å²) in [5, 5.41) is 3.48. The molecule has 5 nitrogen and oxygen atoms in total. The molecule has 2 aromatic carbocycles. The summed E-state index contributed by atoms with van der Waals surface area (Å²) in [4.78, 5) is 12.6. The van der Waals surface area contributed by atoms with Crippen molar-refractivity contribution >= 4 is 23.2 Å². The van der Waals surface area contributed by atoms with E-state index < -0.39 is 6.10 Å². The molecule has 0 saturated carbocycles. The summed E-state index contributed by atoms with van der Waals surface area (Å²) >= 11 is 5.95. The number of anilines is 1. The molecule has 0 spiro atoms. The van der Waals surface area contributed by atoms with Crippen LogP contribution < -0.4 is 19.5 Å². The number of halogens is 1. The standard InChI is InChI=1S/C20H24ClNO4/c1-5-24-16-8-10-19(25-6-2)17(12-16)22-20(23)14(4)26-18-9-7-15(21)11-13(18)3/h7-12,14H,5-6H2,1-4H3,(H,22,23). The van der Waals surface area contributed by atoms with Gasteiger partial charge in [0.1, 0.15) is 17.2 Å². The van der Waals surface area contributed by atoms with Crippen LogP contribution in [0, 0.1) is 6.92 Å². The van der Waals surface area contributed by atoms with Gasteiger partial charge >= 0.3 is 0 Å². The van der Waals surface area contributed by atoms with Gasteiger partial charge in [0.2, 0.25) is 0 Å². The fourth-order valence-electron chi connectivity index (χ4n) is 2.37. The maximum atomic E-state index is 12.6. The zero-order valence-electron chi connectivity index (χ0n) is 15.5. The first-order chi connectivity index (χ1) is 12.4. The van der Waals surface area contributed by atoms with E-state index >= 15 is 0 Å². The molecule has 0 aliphatic carbocycles. The van der Waals surface area contributed by atoms with Gasteiger partial charge in [-0.15, -0.1) is 0 Å². The van der Waals surface area contributed by atoms with Gasteiger partial charge in [-0.2, -0.15) is 0 Å². The van der Waals surface area contributed by atoms with E-state index in [1.165, 1.54) is 0 Å². The highest BCUT2D eigenvalue weighted by atomic mass is 35.5. The lowest BCUT2D eigenvalue weighted by atomic mass is 10.2. The number of carbonyl (C=O) groups is 1. The van der Waals surface area contributed by atoms with Crippen LogP contribution in [-0.4, -0.2) is 25.2 Å². The summed E-state index contributed by atoms with van der Waals surface area (Å²) in [7, 11) is 0. The number of carbonyl (C=O) groups excluding carboxylic acids is 1. The van der Waals surface area contributed by atoms with Gasteiger partial charge in [-0.25, -0.2) is 0 Å². The number of rotatable bonds is 8. The van der Waals surface area contributed by atoms with Crippen molar-refractivity contribution < 1.29 is 19.0 Å². The molecule has 0 radical (unpaired) electrons. The predicted octanol–water partition coefficient (Wildman–Crippen LogP) is 4.85. The molecule has 0 aromatic heterocycles. The number of benzene rings is 2. The van der Waals surface area contributed by atoms with Crippen molar-refractivity contribution in [1.82, 2.24) is 0 Å². The third-order valence-corrected chi connectivity index (χ3v) is 3.86. The SMILES string of the molecule is CCOc1ccc(OCC)c(NC(=O)C(C)Oc2ccc(Cl)cc2C)c1. The van der Waals surface area contributed by atoms with Crippen LogP contribution in [0.15, 0.2) is 36.4 Å². The Hall–Kier alpha value is -2.40. The Morgan fingerprint density at radius 1 is 1.08 bits per heavy atom. The van der Waals surface area contributed by atoms with Crippen LogP contribution in [0.3, 0.4) is 0 Å². The second-order valence-corrected chi connectivity index (χ2v) is 6.12. The average molecular weight is 378 g/mol. The van der Waals surface area contributed by atoms with Crippen molar-refractivity contribution in [2.24, 2.45) is 0 Å². The van der Waals surface area contributed by atoms with Crippen molar-refractivity contribution in [3.63, 3.8) is 0 Å². The highest BCUT2D eigenvalue weighted by Gasteiger charge is 2.18. The van der Waals surface area contributed by atoms with Crippen LogP contribution >= 0.6 is 11.6 Å². The molecular weight excluding hydrogens is 354 g/mol. The average Bonchev–Trinajstić information content (AvgIpc) is 2.60. The molecule has 0 fully saturated rings. The van der Waals surface area contributed by atoms with Gasteiger partial charge in [-0.1, -0.05) is 11.6 Å². The van der Waals surface area contributed by atoms with E-state index in [2.05, 4.69) is 5.32 Å². The van der Waals surface area contributed by atoms with Gasteiger partial charge in [0.25, 0.3) is 5.91 Å². The summed E-state index contributed by atoms with van der Waals surface area (Å²) in [6, 6.07) is 10.6. The fourth-order valence-corrected chi connectivity index (χ4v) is 2.59. The number of hydrogen-bond acceptors (Lipinski definition) is 4. The Bertz CT molecular complexity index is 763. The maximum Gasteiger partial charge on any atom is 0.265 e. The lowest BCUT2D eigenvalue weighted by Crippen LogP contribution is -2.30. The molecule has 26 heavy (non-hydrogen) atoms. The lowest BCUT2D eigenvalue weighted by Gasteiger charge is -2.18. The smallest absolute Gasteiger partial charge is 0.265 e. The van der Waals surface area contributed by atoms with Crippen LogP contribution in [0.5, 0.6) is 17.2 Å². The molecule has 0 heterocycles. The largest absolute Gasteiger partial charge is 0.494 e. The number of hydrogen-bond donors (Lipinski definition) is 1. The molecule has 0 saturated heterocycles. The Kier molecular flexibility index (Phi) is 7.16. The van der Waals surface area contributed by atoms with Gasteiger partial charge in [0.15, 0.2) is 6.10 Å². The number of ether oxygens (including phenoxy) is 3. The van der Waals surface area contributed by atoms with Gasteiger partial charge in [-0.05, 0) is 63.6 Å². The summed E-state index contributed by atoms with van der Waals surface area (Å²) in [5.41, 5.74) is 1.41. The van der Waals surface area contributed by atoms with E-state index in [-0.39, 0.29) is 5.91 Å². The first-order valence-electron chi connectivity index (χ1n) is 8.57. The highest BCUT2D eigenvalue weighted by Crippen LogP contribution is 2.30. The minimum Gasteiger partial charge on any atom is -0.494 e. The summed E-state index contributed by atoms with van der Waals surface area (Å²) in [6.07, 6.45) is -0.694. The Morgan fingerprint density at radius 2 is 1.77 bits per heavy atom. The minimum absolute atomic E-state index is 0.283. The maximum absolute atomic E-state index is 12.6. The molecule has 0 aliphatic heterocycles. The predicted molar refractivity (Wildman–Crippen MR) is 104 cm³/mol. The van der Waals surface area contributed by atoms with Crippen LogP contribution in [-0.2, 0) is 4.79 Å². The number of aryl methyl sites for hydroxylation is 1. The molecule has 1 unspecified atom stereocenters. The quantitative estimate of drug-likeness (QED) is 0.714. The van der Waals surface area contributed by atoms with E-state index in [0.717, 1.165) is 5.56 Å². The molecule has 1 amide bonds. The van der Waals surface area contributed by atoms with E-state index in [1.807, 2.05) is 20.8 Å². The summed E-state index contributed by atoms with van der Waals surface area (Å²) in [5.74, 6) is 1.58. The van der Waals surface area contributed by atoms with Crippen molar-refractivity contribution in [3.8, 4) is 17.2 Å². The normalized spacial score (nSPS) is 11.6. The second-order valence-electron chi connectivity index (χ2n) is 5.68. The van der Waals surface area contributed by atoms with E-state index in [9.17, 15) is 4.79 Å². The molecule has 1 atom stereocenters. The molecule has 2 aromatic rings. The van der Waals surface area contributed by atoms with Crippen molar-refractivity contribution in [2.45, 2.75) is 33.8 Å². The third kappa shape index (κ3) is 5.30. The van der Waals surface area contributed by atoms with Crippen molar-refractivity contribution in [3.05, 3.63) is 47.0 Å². The second kappa shape index (κ2) is 9.34. The minimum atomic E-state index is -0.694. The van der Waals surface area contributed by atoms with Crippen molar-refractivity contribution in [2.75, 3.05) is 18.5 Å². The molecule has 140 valence electrons. The molecular formula is C20H24ClNO4. The Balaban J connectivity index is 2.13. The van der Waals surface area contributed by atoms with Crippen LogP contribution in [0.1, 0.15) is 26.3 Å². The first kappa shape index (κ1) is 19.9. The monoisotopic (exact) mass is 377 g/mol. The van der Waals surface area contributed by atoms with Gasteiger partial charge < -0.3 is 19.5 Å². The van der Waals surface area contributed by atoms with E-state index in [0.29, 0.717) is 41.2 Å².